The minimum absolute atomic E-state index is 0.00356. The van der Waals surface area contributed by atoms with Crippen molar-refractivity contribution in [3.05, 3.63) is 162 Å². The number of fused-ring (bicyclic) bond motifs is 1. The van der Waals surface area contributed by atoms with E-state index in [1.807, 2.05) is 115 Å². The molecule has 1 N–H and O–H groups in total. The van der Waals surface area contributed by atoms with Gasteiger partial charge in [-0.15, -0.1) is 0 Å². The fourth-order valence-corrected chi connectivity index (χ4v) is 7.45. The summed E-state index contributed by atoms with van der Waals surface area (Å²) < 4.78 is 43.6. The second-order valence-corrected chi connectivity index (χ2v) is 15.9. The molecule has 5 rings (SSSR count). The number of allylic oxidation sites excluding steroid dienone is 2. The first-order valence-electron chi connectivity index (χ1n) is 18.2. The fraction of sp³-hybridized carbons (Fsp3) is 0.289. The van der Waals surface area contributed by atoms with Crippen LogP contribution in [0.2, 0.25) is 0 Å². The van der Waals surface area contributed by atoms with Crippen LogP contribution in [-0.4, -0.2) is 38.6 Å². The average Bonchev–Trinajstić information content (AvgIpc) is 3.17. The lowest BCUT2D eigenvalue weighted by molar-refractivity contribution is -0.159. The maximum Gasteiger partial charge on any atom is 0.323 e. The van der Waals surface area contributed by atoms with Crippen LogP contribution < -0.4 is 5.32 Å². The van der Waals surface area contributed by atoms with E-state index in [0.29, 0.717) is 5.76 Å². The number of nitrogens with one attached hydrogen (secondary N) is 1. The second kappa shape index (κ2) is 17.8. The van der Waals surface area contributed by atoms with Gasteiger partial charge in [-0.2, -0.15) is 8.42 Å². The average molecular weight is 748 g/mol. The van der Waals surface area contributed by atoms with Crippen LogP contribution in [-0.2, 0) is 38.9 Å². The molecule has 8 nitrogen and oxygen atoms in total. The van der Waals surface area contributed by atoms with Crippen molar-refractivity contribution in [3.63, 3.8) is 0 Å². The lowest BCUT2D eigenvalue weighted by Crippen LogP contribution is -2.54. The van der Waals surface area contributed by atoms with Gasteiger partial charge in [-0.3, -0.25) is 19.1 Å². The van der Waals surface area contributed by atoms with E-state index in [9.17, 15) is 18.0 Å². The van der Waals surface area contributed by atoms with E-state index in [1.54, 1.807) is 52.8 Å². The molecule has 282 valence electrons. The monoisotopic (exact) mass is 747 g/mol. The molecule has 0 fully saturated rings. The zero-order valence-electron chi connectivity index (χ0n) is 31.5. The van der Waals surface area contributed by atoms with Gasteiger partial charge in [-0.05, 0) is 99.6 Å². The predicted molar refractivity (Wildman–Crippen MR) is 212 cm³/mol. The van der Waals surface area contributed by atoms with Crippen molar-refractivity contribution >= 4 is 32.8 Å². The largest absolute Gasteiger partial charge is 0.459 e. The van der Waals surface area contributed by atoms with E-state index < -0.39 is 45.2 Å². The van der Waals surface area contributed by atoms with Gasteiger partial charge in [0.1, 0.15) is 17.4 Å². The van der Waals surface area contributed by atoms with E-state index >= 15 is 0 Å². The first-order valence-corrected chi connectivity index (χ1v) is 19.6. The molecule has 0 saturated carbocycles. The SMILES string of the molecule is C/C=C(\C)OC(=O)[C@@H](CCCOS(=O)(=O)c1ccc2ccccc2c1)C[C@H](NC(c1ccccc1)(c1ccccc1)c1ccccc1)C(=O)OC(C)(C)C. The van der Waals surface area contributed by atoms with Crippen molar-refractivity contribution < 1.29 is 31.7 Å². The number of esters is 2. The molecule has 5 aromatic carbocycles. The summed E-state index contributed by atoms with van der Waals surface area (Å²) in [6.45, 7) is 8.68. The van der Waals surface area contributed by atoms with Gasteiger partial charge in [0, 0.05) is 0 Å². The normalized spacial score (nSPS) is 13.6. The zero-order valence-corrected chi connectivity index (χ0v) is 32.3. The van der Waals surface area contributed by atoms with Gasteiger partial charge < -0.3 is 9.47 Å². The first kappa shape index (κ1) is 40.1. The van der Waals surface area contributed by atoms with Crippen molar-refractivity contribution in [2.24, 2.45) is 5.92 Å². The number of carbonyl (C=O) groups is 2. The Bertz CT molecular complexity index is 2050. The third-order valence-corrected chi connectivity index (χ3v) is 10.5. The summed E-state index contributed by atoms with van der Waals surface area (Å²) in [6, 6.07) is 40.9. The summed E-state index contributed by atoms with van der Waals surface area (Å²) in [4.78, 5) is 28.2. The van der Waals surface area contributed by atoms with Crippen molar-refractivity contribution in [1.82, 2.24) is 5.32 Å². The Hall–Kier alpha value is -5.09. The van der Waals surface area contributed by atoms with Crippen molar-refractivity contribution in [2.75, 3.05) is 6.61 Å². The molecule has 0 spiro atoms. The molecule has 0 heterocycles. The zero-order chi connectivity index (χ0) is 38.8. The molecule has 0 unspecified atom stereocenters. The number of rotatable bonds is 16. The molecule has 0 bridgehead atoms. The van der Waals surface area contributed by atoms with Crippen LogP contribution in [0, 0.1) is 5.92 Å². The number of hydrogen-bond donors (Lipinski definition) is 1. The first-order chi connectivity index (χ1) is 25.8. The number of carbonyl (C=O) groups excluding carboxylic acids is 2. The lowest BCUT2D eigenvalue weighted by atomic mass is 9.76. The Morgan fingerprint density at radius 2 is 1.24 bits per heavy atom. The van der Waals surface area contributed by atoms with E-state index in [1.165, 1.54) is 6.07 Å². The topological polar surface area (TPSA) is 108 Å². The highest BCUT2D eigenvalue weighted by molar-refractivity contribution is 7.86. The highest BCUT2D eigenvalue weighted by atomic mass is 32.2. The minimum Gasteiger partial charge on any atom is -0.459 e. The number of ether oxygens (including phenoxy) is 2. The van der Waals surface area contributed by atoms with Crippen molar-refractivity contribution in [3.8, 4) is 0 Å². The second-order valence-electron chi connectivity index (χ2n) is 14.3. The van der Waals surface area contributed by atoms with Gasteiger partial charge in [0.2, 0.25) is 0 Å². The highest BCUT2D eigenvalue weighted by Gasteiger charge is 2.42. The summed E-state index contributed by atoms with van der Waals surface area (Å²) in [7, 11) is -4.08. The Morgan fingerprint density at radius 1 is 0.722 bits per heavy atom. The number of benzene rings is 5. The molecule has 0 aliphatic heterocycles. The smallest absolute Gasteiger partial charge is 0.323 e. The Kier molecular flexibility index (Phi) is 13.2. The summed E-state index contributed by atoms with van der Waals surface area (Å²) in [5.41, 5.74) is 0.774. The van der Waals surface area contributed by atoms with E-state index in [4.69, 9.17) is 13.7 Å². The van der Waals surface area contributed by atoms with Crippen molar-refractivity contribution in [1.29, 1.82) is 0 Å². The lowest BCUT2D eigenvalue weighted by Gasteiger charge is -2.40. The molecular weight excluding hydrogens is 699 g/mol. The Balaban J connectivity index is 1.49. The van der Waals surface area contributed by atoms with Crippen LogP contribution >= 0.6 is 0 Å². The predicted octanol–water partition coefficient (Wildman–Crippen LogP) is 9.09. The molecule has 9 heteroatoms. The summed E-state index contributed by atoms with van der Waals surface area (Å²) in [5, 5.41) is 5.41. The molecule has 2 atom stereocenters. The molecule has 0 radical (unpaired) electrons. The fourth-order valence-electron chi connectivity index (χ4n) is 6.47. The van der Waals surface area contributed by atoms with Crippen molar-refractivity contribution in [2.45, 2.75) is 76.0 Å². The summed E-state index contributed by atoms with van der Waals surface area (Å²) >= 11 is 0. The standard InChI is InChI=1S/C45H49NO7S/c1-6-33(2)52-42(47)36(21-18-30-51-54(49,50)40-29-28-34-19-16-17-20-35(34)31-40)32-41(43(48)53-44(3,4)5)46-45(37-22-10-7-11-23-37,38-24-12-8-13-25-38)39-26-14-9-15-27-39/h6-17,19-20,22-29,31,36,41,46H,18,21,30,32H2,1-5H3/b33-6+/t36-,41-/m0/s1. The molecule has 0 aromatic heterocycles. The van der Waals surface area contributed by atoms with E-state index in [2.05, 4.69) is 5.32 Å². The van der Waals surface area contributed by atoms with Gasteiger partial charge in [0.05, 0.1) is 23.0 Å². The van der Waals surface area contributed by atoms with Gasteiger partial charge in [0.25, 0.3) is 10.1 Å². The summed E-state index contributed by atoms with van der Waals surface area (Å²) in [5.74, 6) is -1.50. The molecule has 54 heavy (non-hydrogen) atoms. The Morgan fingerprint density at radius 3 is 1.76 bits per heavy atom. The van der Waals surface area contributed by atoms with Gasteiger partial charge in [-0.1, -0.05) is 121 Å². The van der Waals surface area contributed by atoms with E-state index in [0.717, 1.165) is 27.5 Å². The van der Waals surface area contributed by atoms with Gasteiger partial charge in [0.15, 0.2) is 0 Å². The maximum absolute atomic E-state index is 14.3. The van der Waals surface area contributed by atoms with Gasteiger partial charge >= 0.3 is 11.9 Å². The van der Waals surface area contributed by atoms with Crippen LogP contribution in [0.1, 0.15) is 70.6 Å². The Labute approximate surface area is 319 Å². The van der Waals surface area contributed by atoms with E-state index in [-0.39, 0.29) is 30.8 Å². The maximum atomic E-state index is 14.3. The molecule has 0 amide bonds. The highest BCUT2D eigenvalue weighted by Crippen LogP contribution is 2.38. The van der Waals surface area contributed by atoms with Crippen LogP contribution in [0.5, 0.6) is 0 Å². The molecular formula is C45H49NO7S. The third-order valence-electron chi connectivity index (χ3n) is 9.17. The molecule has 0 saturated heterocycles. The van der Waals surface area contributed by atoms with Crippen LogP contribution in [0.4, 0.5) is 0 Å². The third kappa shape index (κ3) is 10.1. The quantitative estimate of drug-likeness (QED) is 0.0350. The molecule has 0 aliphatic carbocycles. The minimum atomic E-state index is -4.08. The molecule has 5 aromatic rings. The number of hydrogen-bond acceptors (Lipinski definition) is 8. The van der Waals surface area contributed by atoms with Crippen LogP contribution in [0.3, 0.4) is 0 Å². The van der Waals surface area contributed by atoms with Crippen LogP contribution in [0.15, 0.2) is 150 Å². The molecule has 0 aliphatic rings. The van der Waals surface area contributed by atoms with Gasteiger partial charge in [-0.25, -0.2) is 0 Å². The summed E-state index contributed by atoms with van der Waals surface area (Å²) in [6.07, 6.45) is 2.06. The van der Waals surface area contributed by atoms with Crippen LogP contribution in [0.25, 0.3) is 10.8 Å².